The van der Waals surface area contributed by atoms with Gasteiger partial charge in [0, 0.05) is 12.4 Å². The van der Waals surface area contributed by atoms with Crippen molar-refractivity contribution in [2.24, 2.45) is 0 Å². The number of para-hydroxylation sites is 1. The number of halogens is 1. The van der Waals surface area contributed by atoms with E-state index in [0.717, 1.165) is 0 Å². The first-order valence-electron chi connectivity index (χ1n) is 5.18. The number of hydrogen-bond donors (Lipinski definition) is 1. The smallest absolute Gasteiger partial charge is 0.297 e. The molecular weight excluding hydrogens is 274 g/mol. The third-order valence-corrected chi connectivity index (χ3v) is 3.93. The summed E-state index contributed by atoms with van der Waals surface area (Å²) in [5.41, 5.74) is 1.24. The van der Waals surface area contributed by atoms with Crippen LogP contribution in [0.3, 0.4) is 0 Å². The molecule has 1 atom stereocenters. The van der Waals surface area contributed by atoms with E-state index in [1.54, 1.807) is 23.9 Å². The van der Waals surface area contributed by atoms with Crippen LogP contribution in [-0.4, -0.2) is 15.3 Å². The van der Waals surface area contributed by atoms with Crippen LogP contribution >= 0.6 is 23.4 Å². The van der Waals surface area contributed by atoms with E-state index in [1.165, 1.54) is 6.07 Å². The summed E-state index contributed by atoms with van der Waals surface area (Å²) in [5.74, 6) is 0. The molecule has 0 spiro atoms. The monoisotopic (exact) mass is 281 g/mol. The fourth-order valence-corrected chi connectivity index (χ4v) is 3.00. The zero-order chi connectivity index (χ0) is 12.7. The van der Waals surface area contributed by atoms with Crippen LogP contribution in [0.4, 0.5) is 5.69 Å². The van der Waals surface area contributed by atoms with Crippen LogP contribution in [0.1, 0.15) is 5.56 Å². The van der Waals surface area contributed by atoms with E-state index in [4.69, 9.17) is 11.6 Å². The molecule has 7 heteroatoms. The van der Waals surface area contributed by atoms with E-state index in [1.807, 2.05) is 22.7 Å². The fourth-order valence-electron chi connectivity index (χ4n) is 1.93. The van der Waals surface area contributed by atoms with Gasteiger partial charge in [-0.3, -0.25) is 10.1 Å². The first-order chi connectivity index (χ1) is 8.66. The average Bonchev–Trinajstić information content (AvgIpc) is 2.87. The zero-order valence-corrected chi connectivity index (χ0v) is 10.6. The molecule has 0 aliphatic carbocycles. The van der Waals surface area contributed by atoms with Crippen molar-refractivity contribution in [2.75, 3.05) is 0 Å². The first kappa shape index (κ1) is 11.4. The summed E-state index contributed by atoms with van der Waals surface area (Å²) in [6.45, 7) is 0. The number of benzene rings is 1. The van der Waals surface area contributed by atoms with Gasteiger partial charge >= 0.3 is 0 Å². The van der Waals surface area contributed by atoms with Crippen LogP contribution in [-0.2, 0) is 0 Å². The maximum atomic E-state index is 11.1. The van der Waals surface area contributed by atoms with Crippen molar-refractivity contribution in [2.45, 2.75) is 5.50 Å². The Hall–Kier alpha value is -1.66. The summed E-state index contributed by atoms with van der Waals surface area (Å²) in [7, 11) is 0. The van der Waals surface area contributed by atoms with Crippen molar-refractivity contribution < 1.29 is 4.92 Å². The summed E-state index contributed by atoms with van der Waals surface area (Å²) in [5, 5.41) is 16.4. The second-order valence-corrected chi connectivity index (χ2v) is 5.20. The summed E-state index contributed by atoms with van der Waals surface area (Å²) in [4.78, 5) is 12.6. The summed E-state index contributed by atoms with van der Waals surface area (Å²) < 4.78 is 0. The molecule has 0 bridgehead atoms. The molecule has 0 radical (unpaired) electrons. The lowest BCUT2D eigenvalue weighted by molar-refractivity contribution is -0.385. The highest BCUT2D eigenvalue weighted by Gasteiger charge is 2.30. The molecule has 18 heavy (non-hydrogen) atoms. The van der Waals surface area contributed by atoms with Gasteiger partial charge in [-0.1, -0.05) is 29.4 Å². The second-order valence-electron chi connectivity index (χ2n) is 3.80. The Morgan fingerprint density at radius 1 is 1.50 bits per heavy atom. The SMILES string of the molecule is O=[N+]([O-])c1c(Cl)cccc1C1=CN2C=CS[C@@H]2N1. The highest BCUT2D eigenvalue weighted by molar-refractivity contribution is 8.02. The topological polar surface area (TPSA) is 58.4 Å². The van der Waals surface area contributed by atoms with Crippen LogP contribution < -0.4 is 5.32 Å². The lowest BCUT2D eigenvalue weighted by Crippen LogP contribution is -2.25. The zero-order valence-electron chi connectivity index (χ0n) is 9.04. The molecule has 2 aliphatic rings. The second kappa shape index (κ2) is 4.22. The van der Waals surface area contributed by atoms with E-state index in [2.05, 4.69) is 5.32 Å². The average molecular weight is 282 g/mol. The van der Waals surface area contributed by atoms with Crippen LogP contribution in [0.15, 0.2) is 36.0 Å². The summed E-state index contributed by atoms with van der Waals surface area (Å²) in [6.07, 6.45) is 3.77. The minimum atomic E-state index is -0.452. The van der Waals surface area contributed by atoms with E-state index in [9.17, 15) is 10.1 Å². The Labute approximate surface area is 112 Å². The van der Waals surface area contributed by atoms with Crippen molar-refractivity contribution in [1.82, 2.24) is 10.2 Å². The predicted molar refractivity (Wildman–Crippen MR) is 71.6 cm³/mol. The summed E-state index contributed by atoms with van der Waals surface area (Å²) in [6, 6.07) is 4.92. The third-order valence-electron chi connectivity index (χ3n) is 2.73. The molecule has 1 aromatic carbocycles. The van der Waals surface area contributed by atoms with Gasteiger partial charge in [0.2, 0.25) is 0 Å². The Morgan fingerprint density at radius 3 is 3.06 bits per heavy atom. The van der Waals surface area contributed by atoms with Crippen molar-refractivity contribution in [3.05, 3.63) is 56.7 Å². The molecule has 0 saturated carbocycles. The summed E-state index contributed by atoms with van der Waals surface area (Å²) >= 11 is 7.50. The number of nitrogens with zero attached hydrogens (tertiary/aromatic N) is 2. The van der Waals surface area contributed by atoms with Gasteiger partial charge in [-0.2, -0.15) is 0 Å². The van der Waals surface area contributed by atoms with Crippen LogP contribution in [0.25, 0.3) is 5.70 Å². The van der Waals surface area contributed by atoms with Gasteiger partial charge in [-0.15, -0.1) is 0 Å². The molecule has 1 N–H and O–H groups in total. The number of nitro groups is 1. The molecule has 0 aromatic heterocycles. The first-order valence-corrected chi connectivity index (χ1v) is 6.50. The van der Waals surface area contributed by atoms with Crippen LogP contribution in [0, 0.1) is 10.1 Å². The Kier molecular flexibility index (Phi) is 2.68. The highest BCUT2D eigenvalue weighted by atomic mass is 35.5. The number of nitro benzene ring substituents is 1. The molecule has 1 aromatic rings. The number of thioether (sulfide) groups is 1. The molecular formula is C11H8ClN3O2S. The van der Waals surface area contributed by atoms with E-state index in [0.29, 0.717) is 11.3 Å². The maximum absolute atomic E-state index is 11.1. The molecule has 2 aliphatic heterocycles. The van der Waals surface area contributed by atoms with Crippen molar-refractivity contribution in [1.29, 1.82) is 0 Å². The number of rotatable bonds is 2. The normalized spacial score (nSPS) is 20.6. The van der Waals surface area contributed by atoms with E-state index < -0.39 is 4.92 Å². The van der Waals surface area contributed by atoms with Crippen molar-refractivity contribution in [3.63, 3.8) is 0 Å². The quantitative estimate of drug-likeness (QED) is 0.667. The molecule has 3 rings (SSSR count). The van der Waals surface area contributed by atoms with Gasteiger partial charge in [0.1, 0.15) is 5.02 Å². The molecule has 2 heterocycles. The van der Waals surface area contributed by atoms with Crippen molar-refractivity contribution in [3.8, 4) is 0 Å². The minimum absolute atomic E-state index is 0.0620. The number of fused-ring (bicyclic) bond motifs is 1. The minimum Gasteiger partial charge on any atom is -0.354 e. The molecule has 0 unspecified atom stereocenters. The van der Waals surface area contributed by atoms with E-state index in [-0.39, 0.29) is 16.2 Å². The highest BCUT2D eigenvalue weighted by Crippen LogP contribution is 2.37. The van der Waals surface area contributed by atoms with Crippen LogP contribution in [0.5, 0.6) is 0 Å². The van der Waals surface area contributed by atoms with Gasteiger partial charge in [0.25, 0.3) is 5.69 Å². The number of hydrogen-bond acceptors (Lipinski definition) is 5. The number of nitrogens with one attached hydrogen (secondary N) is 1. The standard InChI is InChI=1S/C11H8ClN3O2S/c12-8-3-1-2-7(10(8)15(16)17)9-6-14-4-5-18-11(14)13-9/h1-6,11,13H/t11-/m1/s1. The lowest BCUT2D eigenvalue weighted by atomic mass is 10.1. The largest absolute Gasteiger partial charge is 0.354 e. The molecule has 0 fully saturated rings. The third kappa shape index (κ3) is 1.74. The molecule has 5 nitrogen and oxygen atoms in total. The lowest BCUT2D eigenvalue weighted by Gasteiger charge is -2.13. The van der Waals surface area contributed by atoms with Crippen LogP contribution in [0.2, 0.25) is 5.02 Å². The van der Waals surface area contributed by atoms with E-state index >= 15 is 0 Å². The molecule has 92 valence electrons. The molecule has 0 saturated heterocycles. The van der Waals surface area contributed by atoms with Gasteiger partial charge in [0.05, 0.1) is 16.2 Å². The Morgan fingerprint density at radius 2 is 2.33 bits per heavy atom. The Bertz CT molecular complexity index is 588. The van der Waals surface area contributed by atoms with Gasteiger partial charge in [-0.05, 0) is 17.5 Å². The fraction of sp³-hybridized carbons (Fsp3) is 0.0909. The van der Waals surface area contributed by atoms with Gasteiger partial charge < -0.3 is 10.2 Å². The molecule has 0 amide bonds. The van der Waals surface area contributed by atoms with Gasteiger partial charge in [-0.25, -0.2) is 0 Å². The van der Waals surface area contributed by atoms with Crippen molar-refractivity contribution >= 4 is 34.7 Å². The maximum Gasteiger partial charge on any atom is 0.297 e. The predicted octanol–water partition coefficient (Wildman–Crippen LogP) is 2.95. The van der Waals surface area contributed by atoms with Gasteiger partial charge in [0.15, 0.2) is 5.50 Å². The Balaban J connectivity index is 2.06.